The molecule has 2 rings (SSSR count). The summed E-state index contributed by atoms with van der Waals surface area (Å²) in [6, 6.07) is 9.10. The topological polar surface area (TPSA) is 25.8 Å². The van der Waals surface area contributed by atoms with Crippen LogP contribution < -0.4 is 0 Å². The Morgan fingerprint density at radius 3 is 2.20 bits per heavy atom. The summed E-state index contributed by atoms with van der Waals surface area (Å²) in [6.45, 7) is 1.98. The van der Waals surface area contributed by atoms with E-state index < -0.39 is 0 Å². The SMILES string of the molecule is Cc1cnc(-c2ccc(C[Si])cc2)nc1. The molecule has 0 fully saturated rings. The highest BCUT2D eigenvalue weighted by Gasteiger charge is 1.99. The van der Waals surface area contributed by atoms with Crippen LogP contribution >= 0.6 is 0 Å². The van der Waals surface area contributed by atoms with Gasteiger partial charge in [0.1, 0.15) is 0 Å². The van der Waals surface area contributed by atoms with Gasteiger partial charge in [-0.15, -0.1) is 0 Å². The molecule has 15 heavy (non-hydrogen) atoms. The Morgan fingerprint density at radius 1 is 1.07 bits per heavy atom. The molecule has 0 saturated heterocycles. The highest BCUT2D eigenvalue weighted by molar-refractivity contribution is 6.08. The third-order valence-electron chi connectivity index (χ3n) is 2.20. The fraction of sp³-hybridized carbons (Fsp3) is 0.167. The van der Waals surface area contributed by atoms with Crippen LogP contribution in [0.3, 0.4) is 0 Å². The van der Waals surface area contributed by atoms with Crippen molar-refractivity contribution >= 4 is 10.2 Å². The summed E-state index contributed by atoms with van der Waals surface area (Å²) in [5, 5.41) is 0. The summed E-state index contributed by atoms with van der Waals surface area (Å²) in [6.07, 6.45) is 3.67. The van der Waals surface area contributed by atoms with Crippen molar-refractivity contribution in [1.29, 1.82) is 0 Å². The third-order valence-corrected chi connectivity index (χ3v) is 2.61. The van der Waals surface area contributed by atoms with Gasteiger partial charge >= 0.3 is 0 Å². The second-order valence-corrected chi connectivity index (χ2v) is 3.81. The Hall–Kier alpha value is -1.48. The molecule has 3 radical (unpaired) electrons. The van der Waals surface area contributed by atoms with E-state index >= 15 is 0 Å². The molecule has 0 atom stereocenters. The fourth-order valence-electron chi connectivity index (χ4n) is 1.31. The molecule has 0 aliphatic carbocycles. The summed E-state index contributed by atoms with van der Waals surface area (Å²) in [4.78, 5) is 8.56. The molecule has 0 spiro atoms. The Balaban J connectivity index is 2.33. The first kappa shape index (κ1) is 10.0. The van der Waals surface area contributed by atoms with Crippen LogP contribution in [0.4, 0.5) is 0 Å². The zero-order chi connectivity index (χ0) is 10.7. The van der Waals surface area contributed by atoms with E-state index in [2.05, 4.69) is 32.3 Å². The lowest BCUT2D eigenvalue weighted by molar-refractivity contribution is 1.14. The van der Waals surface area contributed by atoms with E-state index in [4.69, 9.17) is 0 Å². The van der Waals surface area contributed by atoms with Gasteiger partial charge in [-0.05, 0) is 18.5 Å². The molecule has 0 aliphatic heterocycles. The van der Waals surface area contributed by atoms with E-state index in [1.54, 1.807) is 0 Å². The van der Waals surface area contributed by atoms with Crippen molar-refractivity contribution in [2.24, 2.45) is 0 Å². The standard InChI is InChI=1S/C12H11N2Si/c1-9-6-13-12(14-7-9)11-4-2-10(8-15)3-5-11/h2-7H,8H2,1H3. The van der Waals surface area contributed by atoms with Crippen LogP contribution in [0.15, 0.2) is 36.7 Å². The summed E-state index contributed by atoms with van der Waals surface area (Å²) < 4.78 is 0. The van der Waals surface area contributed by atoms with E-state index in [0.717, 1.165) is 23.0 Å². The maximum absolute atomic E-state index is 4.28. The molecule has 2 nitrogen and oxygen atoms in total. The van der Waals surface area contributed by atoms with Crippen molar-refractivity contribution in [2.45, 2.75) is 13.0 Å². The molecule has 0 unspecified atom stereocenters. The Bertz CT molecular complexity index is 434. The molecule has 0 saturated carbocycles. The Kier molecular flexibility index (Phi) is 2.92. The molecule has 1 aromatic carbocycles. The molecule has 2 aromatic rings. The van der Waals surface area contributed by atoms with Gasteiger partial charge in [0.15, 0.2) is 5.82 Å². The lowest BCUT2D eigenvalue weighted by Crippen LogP contribution is -1.90. The Morgan fingerprint density at radius 2 is 1.67 bits per heavy atom. The number of aryl methyl sites for hydroxylation is 1. The molecule has 73 valence electrons. The first-order valence-electron chi connectivity index (χ1n) is 4.82. The minimum absolute atomic E-state index is 0.779. The van der Waals surface area contributed by atoms with Gasteiger partial charge in [0.25, 0.3) is 0 Å². The average Bonchev–Trinajstić information content (AvgIpc) is 2.30. The number of benzene rings is 1. The van der Waals surface area contributed by atoms with E-state index in [9.17, 15) is 0 Å². The largest absolute Gasteiger partial charge is 0.236 e. The van der Waals surface area contributed by atoms with Crippen LogP contribution in [0.2, 0.25) is 0 Å². The minimum atomic E-state index is 0.779. The third kappa shape index (κ3) is 2.30. The predicted octanol–water partition coefficient (Wildman–Crippen LogP) is 2.12. The molecule has 0 aliphatic rings. The van der Waals surface area contributed by atoms with Crippen LogP contribution in [0.25, 0.3) is 11.4 Å². The number of aromatic nitrogens is 2. The maximum atomic E-state index is 4.28. The number of hydrogen-bond donors (Lipinski definition) is 0. The highest BCUT2D eigenvalue weighted by Crippen LogP contribution is 2.14. The van der Waals surface area contributed by atoms with Crippen molar-refractivity contribution in [1.82, 2.24) is 9.97 Å². The van der Waals surface area contributed by atoms with Crippen molar-refractivity contribution in [3.05, 3.63) is 47.8 Å². The van der Waals surface area contributed by atoms with Gasteiger partial charge in [-0.3, -0.25) is 0 Å². The summed E-state index contributed by atoms with van der Waals surface area (Å²) >= 11 is 0. The molecule has 1 aromatic heterocycles. The smallest absolute Gasteiger partial charge is 0.159 e. The Labute approximate surface area is 92.8 Å². The minimum Gasteiger partial charge on any atom is -0.236 e. The van der Waals surface area contributed by atoms with E-state index in [-0.39, 0.29) is 0 Å². The van der Waals surface area contributed by atoms with Gasteiger partial charge < -0.3 is 0 Å². The second kappa shape index (κ2) is 4.36. The molecule has 1 heterocycles. The van der Waals surface area contributed by atoms with Crippen LogP contribution in [-0.4, -0.2) is 20.2 Å². The summed E-state index contributed by atoms with van der Waals surface area (Å²) in [7, 11) is 3.46. The normalized spacial score (nSPS) is 10.3. The number of hydrogen-bond acceptors (Lipinski definition) is 2. The summed E-state index contributed by atoms with van der Waals surface area (Å²) in [5.74, 6) is 0.779. The van der Waals surface area contributed by atoms with Crippen molar-refractivity contribution in [3.63, 3.8) is 0 Å². The van der Waals surface area contributed by atoms with Gasteiger partial charge in [-0.2, -0.15) is 0 Å². The van der Waals surface area contributed by atoms with Gasteiger partial charge in [-0.25, -0.2) is 9.97 Å². The van der Waals surface area contributed by atoms with Crippen LogP contribution in [0, 0.1) is 6.92 Å². The number of nitrogens with zero attached hydrogens (tertiary/aromatic N) is 2. The van der Waals surface area contributed by atoms with Crippen molar-refractivity contribution in [2.75, 3.05) is 0 Å². The average molecular weight is 211 g/mol. The van der Waals surface area contributed by atoms with Crippen LogP contribution in [-0.2, 0) is 6.04 Å². The lowest BCUT2D eigenvalue weighted by atomic mass is 10.1. The van der Waals surface area contributed by atoms with Gasteiger partial charge in [0.2, 0.25) is 0 Å². The first-order valence-corrected chi connectivity index (χ1v) is 5.53. The molecule has 0 amide bonds. The molecule has 0 N–H and O–H groups in total. The van der Waals surface area contributed by atoms with Crippen LogP contribution in [0.1, 0.15) is 11.1 Å². The van der Waals surface area contributed by atoms with Crippen molar-refractivity contribution < 1.29 is 0 Å². The molecular weight excluding hydrogens is 200 g/mol. The van der Waals surface area contributed by atoms with Gasteiger partial charge in [0, 0.05) is 28.2 Å². The zero-order valence-corrected chi connectivity index (χ0v) is 9.57. The van der Waals surface area contributed by atoms with E-state index in [1.807, 2.05) is 31.5 Å². The quantitative estimate of drug-likeness (QED) is 0.711. The van der Waals surface area contributed by atoms with Crippen LogP contribution in [0.5, 0.6) is 0 Å². The van der Waals surface area contributed by atoms with Gasteiger partial charge in [-0.1, -0.05) is 29.8 Å². The maximum Gasteiger partial charge on any atom is 0.159 e. The monoisotopic (exact) mass is 211 g/mol. The highest BCUT2D eigenvalue weighted by atomic mass is 28.1. The number of rotatable bonds is 2. The van der Waals surface area contributed by atoms with Gasteiger partial charge in [0.05, 0.1) is 0 Å². The van der Waals surface area contributed by atoms with Crippen molar-refractivity contribution in [3.8, 4) is 11.4 Å². The predicted molar refractivity (Wildman–Crippen MR) is 61.7 cm³/mol. The second-order valence-electron chi connectivity index (χ2n) is 3.46. The molecular formula is C12H11N2Si. The van der Waals surface area contributed by atoms with E-state index in [1.165, 1.54) is 5.56 Å². The fourth-order valence-corrected chi connectivity index (χ4v) is 1.55. The first-order chi connectivity index (χ1) is 7.29. The zero-order valence-electron chi connectivity index (χ0n) is 8.57. The van der Waals surface area contributed by atoms with E-state index in [0.29, 0.717) is 0 Å². The molecule has 0 bridgehead atoms. The lowest BCUT2D eigenvalue weighted by Gasteiger charge is -2.01. The summed E-state index contributed by atoms with van der Waals surface area (Å²) in [5.41, 5.74) is 3.39. The molecule has 3 heteroatoms.